The fourth-order valence-electron chi connectivity index (χ4n) is 1.80. The minimum absolute atomic E-state index is 0.473. The molecule has 0 aliphatic heterocycles. The molecule has 1 aromatic carbocycles. The molecule has 4 heteroatoms. The molecule has 2 aromatic rings. The second kappa shape index (κ2) is 6.97. The van der Waals surface area contributed by atoms with Crippen LogP contribution in [-0.4, -0.2) is 14.2 Å². The van der Waals surface area contributed by atoms with Gasteiger partial charge >= 0.3 is 0 Å². The second-order valence-electron chi connectivity index (χ2n) is 4.24. The number of hydrogen-bond acceptors (Lipinski definition) is 4. The summed E-state index contributed by atoms with van der Waals surface area (Å²) in [6, 6.07) is 11.8. The predicted molar refractivity (Wildman–Crippen MR) is 73.0 cm³/mol. The molecule has 1 N–H and O–H groups in total. The minimum Gasteiger partial charge on any atom is -0.497 e. The molecular formula is C15H19NO3. The van der Waals surface area contributed by atoms with Gasteiger partial charge in [-0.15, -0.1) is 0 Å². The summed E-state index contributed by atoms with van der Waals surface area (Å²) in [5.74, 6) is 2.60. The molecule has 4 nitrogen and oxygen atoms in total. The molecule has 0 bridgehead atoms. The minimum atomic E-state index is 0.473. The van der Waals surface area contributed by atoms with E-state index in [0.29, 0.717) is 13.2 Å². The molecule has 19 heavy (non-hydrogen) atoms. The zero-order valence-corrected chi connectivity index (χ0v) is 11.3. The van der Waals surface area contributed by atoms with E-state index in [-0.39, 0.29) is 0 Å². The van der Waals surface area contributed by atoms with E-state index in [1.54, 1.807) is 7.11 Å². The lowest BCUT2D eigenvalue weighted by Gasteiger charge is -2.05. The molecule has 0 radical (unpaired) electrons. The Kier molecular flexibility index (Phi) is 5.01. The zero-order chi connectivity index (χ0) is 13.5. The van der Waals surface area contributed by atoms with Gasteiger partial charge in [0.05, 0.1) is 20.3 Å². The van der Waals surface area contributed by atoms with Crippen molar-refractivity contribution in [2.75, 3.05) is 14.2 Å². The molecule has 0 amide bonds. The first kappa shape index (κ1) is 13.6. The Hall–Kier alpha value is -1.78. The topological polar surface area (TPSA) is 43.6 Å². The van der Waals surface area contributed by atoms with Crippen LogP contribution in [0.25, 0.3) is 0 Å². The summed E-state index contributed by atoms with van der Waals surface area (Å²) in [7, 11) is 3.55. The Morgan fingerprint density at radius 2 is 1.95 bits per heavy atom. The lowest BCUT2D eigenvalue weighted by atomic mass is 10.2. The van der Waals surface area contributed by atoms with Crippen molar-refractivity contribution in [3.05, 3.63) is 53.5 Å². The maximum absolute atomic E-state index is 5.63. The molecule has 0 saturated heterocycles. The first-order valence-electron chi connectivity index (χ1n) is 6.24. The fourth-order valence-corrected chi connectivity index (χ4v) is 1.80. The van der Waals surface area contributed by atoms with E-state index >= 15 is 0 Å². The van der Waals surface area contributed by atoms with E-state index in [2.05, 4.69) is 5.32 Å². The summed E-state index contributed by atoms with van der Waals surface area (Å²) >= 11 is 0. The number of rotatable bonds is 7. The van der Waals surface area contributed by atoms with Gasteiger partial charge in [0, 0.05) is 0 Å². The lowest BCUT2D eigenvalue weighted by molar-refractivity contribution is 0.0919. The zero-order valence-electron chi connectivity index (χ0n) is 11.3. The highest BCUT2D eigenvalue weighted by Crippen LogP contribution is 2.14. The van der Waals surface area contributed by atoms with Crippen molar-refractivity contribution >= 4 is 0 Å². The van der Waals surface area contributed by atoms with Gasteiger partial charge in [-0.1, -0.05) is 12.1 Å². The Morgan fingerprint density at radius 3 is 2.74 bits per heavy atom. The molecular weight excluding hydrogens is 242 g/mol. The van der Waals surface area contributed by atoms with Crippen molar-refractivity contribution < 1.29 is 13.9 Å². The van der Waals surface area contributed by atoms with Crippen LogP contribution in [-0.2, 0) is 24.5 Å². The normalized spacial score (nSPS) is 10.6. The highest BCUT2D eigenvalue weighted by Gasteiger charge is 2.02. The summed E-state index contributed by atoms with van der Waals surface area (Å²) in [5.41, 5.74) is 1.08. The standard InChI is InChI=1S/C15H19NO3/c1-16-9-14-6-7-15(19-14)11-18-10-12-4-3-5-13(8-12)17-2/h3-8,16H,9-11H2,1-2H3. The highest BCUT2D eigenvalue weighted by atomic mass is 16.5. The number of furan rings is 1. The molecule has 0 atom stereocenters. The molecule has 1 heterocycles. The van der Waals surface area contributed by atoms with Gasteiger partial charge in [-0.25, -0.2) is 0 Å². The molecule has 102 valence electrons. The second-order valence-corrected chi connectivity index (χ2v) is 4.24. The first-order valence-corrected chi connectivity index (χ1v) is 6.24. The van der Waals surface area contributed by atoms with Gasteiger partial charge in [0.15, 0.2) is 0 Å². The van der Waals surface area contributed by atoms with Gasteiger partial charge < -0.3 is 19.2 Å². The van der Waals surface area contributed by atoms with E-state index in [9.17, 15) is 0 Å². The predicted octanol–water partition coefficient (Wildman–Crippen LogP) is 2.72. The number of methoxy groups -OCH3 is 1. The average molecular weight is 261 g/mol. The van der Waals surface area contributed by atoms with Crippen LogP contribution in [0.2, 0.25) is 0 Å². The van der Waals surface area contributed by atoms with Crippen LogP contribution < -0.4 is 10.1 Å². The van der Waals surface area contributed by atoms with Crippen molar-refractivity contribution in [3.63, 3.8) is 0 Å². The number of hydrogen-bond donors (Lipinski definition) is 1. The average Bonchev–Trinajstić information content (AvgIpc) is 2.87. The van der Waals surface area contributed by atoms with Crippen LogP contribution in [0.1, 0.15) is 17.1 Å². The van der Waals surface area contributed by atoms with Crippen molar-refractivity contribution in [1.29, 1.82) is 0 Å². The largest absolute Gasteiger partial charge is 0.497 e. The van der Waals surface area contributed by atoms with Crippen LogP contribution in [0.3, 0.4) is 0 Å². The smallest absolute Gasteiger partial charge is 0.129 e. The van der Waals surface area contributed by atoms with Crippen molar-refractivity contribution in [1.82, 2.24) is 5.32 Å². The lowest BCUT2D eigenvalue weighted by Crippen LogP contribution is -2.03. The molecule has 0 unspecified atom stereocenters. The fraction of sp³-hybridized carbons (Fsp3) is 0.333. The maximum atomic E-state index is 5.63. The molecule has 0 aliphatic carbocycles. The SMILES string of the molecule is CNCc1ccc(COCc2cccc(OC)c2)o1. The number of benzene rings is 1. The highest BCUT2D eigenvalue weighted by molar-refractivity contribution is 5.27. The third-order valence-electron chi connectivity index (χ3n) is 2.72. The van der Waals surface area contributed by atoms with E-state index in [0.717, 1.165) is 29.4 Å². The first-order chi connectivity index (χ1) is 9.31. The quantitative estimate of drug-likeness (QED) is 0.832. The monoisotopic (exact) mass is 261 g/mol. The van der Waals surface area contributed by atoms with Gasteiger partial charge in [-0.3, -0.25) is 0 Å². The molecule has 2 rings (SSSR count). The Bertz CT molecular complexity index is 508. The van der Waals surface area contributed by atoms with Gasteiger partial charge in [-0.05, 0) is 36.9 Å². The van der Waals surface area contributed by atoms with Crippen LogP contribution >= 0.6 is 0 Å². The Morgan fingerprint density at radius 1 is 1.11 bits per heavy atom. The molecule has 0 saturated carbocycles. The summed E-state index contributed by atoms with van der Waals surface area (Å²) < 4.78 is 16.4. The summed E-state index contributed by atoms with van der Waals surface area (Å²) in [4.78, 5) is 0. The van der Waals surface area contributed by atoms with Gasteiger partial charge in [0.25, 0.3) is 0 Å². The number of nitrogens with one attached hydrogen (secondary N) is 1. The maximum Gasteiger partial charge on any atom is 0.129 e. The van der Waals surface area contributed by atoms with Gasteiger partial charge in [-0.2, -0.15) is 0 Å². The van der Waals surface area contributed by atoms with E-state index in [4.69, 9.17) is 13.9 Å². The van der Waals surface area contributed by atoms with E-state index < -0.39 is 0 Å². The Balaban J connectivity index is 1.81. The summed E-state index contributed by atoms with van der Waals surface area (Å²) in [5, 5.41) is 3.04. The molecule has 0 fully saturated rings. The summed E-state index contributed by atoms with van der Waals surface area (Å²) in [6.45, 7) is 1.75. The molecule has 0 spiro atoms. The van der Waals surface area contributed by atoms with E-state index in [1.165, 1.54) is 0 Å². The Labute approximate surface area is 113 Å². The van der Waals surface area contributed by atoms with Crippen LogP contribution in [0.5, 0.6) is 5.75 Å². The van der Waals surface area contributed by atoms with Crippen molar-refractivity contribution in [2.45, 2.75) is 19.8 Å². The van der Waals surface area contributed by atoms with Gasteiger partial charge in [0.1, 0.15) is 23.9 Å². The number of ether oxygens (including phenoxy) is 2. The van der Waals surface area contributed by atoms with Crippen LogP contribution in [0.15, 0.2) is 40.8 Å². The molecule has 1 aromatic heterocycles. The van der Waals surface area contributed by atoms with Crippen molar-refractivity contribution in [3.8, 4) is 5.75 Å². The van der Waals surface area contributed by atoms with Crippen molar-refractivity contribution in [2.24, 2.45) is 0 Å². The van der Waals surface area contributed by atoms with Gasteiger partial charge in [0.2, 0.25) is 0 Å². The van der Waals surface area contributed by atoms with Crippen LogP contribution in [0.4, 0.5) is 0 Å². The third kappa shape index (κ3) is 4.12. The van der Waals surface area contributed by atoms with E-state index in [1.807, 2.05) is 43.4 Å². The molecule has 0 aliphatic rings. The summed E-state index contributed by atoms with van der Waals surface area (Å²) in [6.07, 6.45) is 0. The van der Waals surface area contributed by atoms with Crippen LogP contribution in [0, 0.1) is 0 Å². The third-order valence-corrected chi connectivity index (χ3v) is 2.72.